The summed E-state index contributed by atoms with van der Waals surface area (Å²) in [5.41, 5.74) is 0.895. The van der Waals surface area contributed by atoms with Gasteiger partial charge in [0.2, 0.25) is 0 Å². The second-order valence-electron chi connectivity index (χ2n) is 4.22. The Kier molecular flexibility index (Phi) is 4.72. The molecule has 0 N–H and O–H groups in total. The van der Waals surface area contributed by atoms with Crippen LogP contribution < -0.4 is 0 Å². The molecule has 0 fully saturated rings. The van der Waals surface area contributed by atoms with Crippen molar-refractivity contribution in [3.63, 3.8) is 0 Å². The molecule has 110 valence electrons. The molecule has 2 aromatic carbocycles. The van der Waals surface area contributed by atoms with E-state index in [-0.39, 0.29) is 17.1 Å². The number of esters is 1. The SMILES string of the molecule is COC(=O)c1cccc(S(=O)(=O)OCc2ccccc2)c1. The van der Waals surface area contributed by atoms with Crippen LogP contribution in [0.15, 0.2) is 59.5 Å². The van der Waals surface area contributed by atoms with Crippen molar-refractivity contribution in [2.75, 3.05) is 7.11 Å². The van der Waals surface area contributed by atoms with E-state index < -0.39 is 16.1 Å². The maximum Gasteiger partial charge on any atom is 0.337 e. The van der Waals surface area contributed by atoms with Crippen LogP contribution >= 0.6 is 0 Å². The zero-order valence-corrected chi connectivity index (χ0v) is 12.2. The molecule has 0 heterocycles. The normalized spacial score (nSPS) is 11.1. The first-order chi connectivity index (χ1) is 10.0. The summed E-state index contributed by atoms with van der Waals surface area (Å²) in [4.78, 5) is 11.3. The summed E-state index contributed by atoms with van der Waals surface area (Å²) in [6.07, 6.45) is 0. The molecule has 0 saturated carbocycles. The maximum absolute atomic E-state index is 12.1. The van der Waals surface area contributed by atoms with Crippen molar-refractivity contribution in [1.29, 1.82) is 0 Å². The fourth-order valence-electron chi connectivity index (χ4n) is 1.68. The molecule has 0 saturated heterocycles. The number of benzene rings is 2. The Balaban J connectivity index is 2.18. The van der Waals surface area contributed by atoms with Crippen LogP contribution in [0.2, 0.25) is 0 Å². The van der Waals surface area contributed by atoms with Gasteiger partial charge in [-0.2, -0.15) is 8.42 Å². The van der Waals surface area contributed by atoms with Gasteiger partial charge in [-0.25, -0.2) is 4.79 Å². The van der Waals surface area contributed by atoms with Gasteiger partial charge >= 0.3 is 5.97 Å². The van der Waals surface area contributed by atoms with Crippen molar-refractivity contribution in [3.05, 3.63) is 65.7 Å². The fourth-order valence-corrected chi connectivity index (χ4v) is 2.63. The lowest BCUT2D eigenvalue weighted by Gasteiger charge is -2.07. The van der Waals surface area contributed by atoms with Crippen LogP contribution in [0.1, 0.15) is 15.9 Å². The Labute approximate surface area is 123 Å². The van der Waals surface area contributed by atoms with Crippen LogP contribution in [-0.4, -0.2) is 21.5 Å². The quantitative estimate of drug-likeness (QED) is 0.626. The lowest BCUT2D eigenvalue weighted by molar-refractivity contribution is 0.0600. The van der Waals surface area contributed by atoms with Crippen LogP contribution in [0.4, 0.5) is 0 Å². The van der Waals surface area contributed by atoms with Gasteiger partial charge in [-0.05, 0) is 23.8 Å². The van der Waals surface area contributed by atoms with E-state index in [1.54, 1.807) is 24.3 Å². The standard InChI is InChI=1S/C15H14O5S/c1-19-15(16)13-8-5-9-14(10-13)21(17,18)20-11-12-6-3-2-4-7-12/h2-10H,11H2,1H3. The number of carbonyl (C=O) groups excluding carboxylic acids is 1. The smallest absolute Gasteiger partial charge is 0.337 e. The van der Waals surface area contributed by atoms with Crippen molar-refractivity contribution in [2.45, 2.75) is 11.5 Å². The predicted octanol–water partition coefficient (Wildman–Crippen LogP) is 2.38. The molecule has 0 aliphatic carbocycles. The molecular weight excluding hydrogens is 292 g/mol. The van der Waals surface area contributed by atoms with Crippen molar-refractivity contribution in [1.82, 2.24) is 0 Å². The second kappa shape index (κ2) is 6.51. The van der Waals surface area contributed by atoms with E-state index in [9.17, 15) is 13.2 Å². The fraction of sp³-hybridized carbons (Fsp3) is 0.133. The zero-order valence-electron chi connectivity index (χ0n) is 11.4. The Morgan fingerprint density at radius 3 is 2.43 bits per heavy atom. The highest BCUT2D eigenvalue weighted by molar-refractivity contribution is 7.86. The third-order valence-corrected chi connectivity index (χ3v) is 4.03. The minimum Gasteiger partial charge on any atom is -0.465 e. The number of rotatable bonds is 5. The third kappa shape index (κ3) is 3.90. The molecule has 0 aliphatic heterocycles. The molecule has 0 aliphatic rings. The Bertz CT molecular complexity index is 723. The van der Waals surface area contributed by atoms with E-state index in [1.807, 2.05) is 6.07 Å². The van der Waals surface area contributed by atoms with Gasteiger partial charge in [0.25, 0.3) is 10.1 Å². The highest BCUT2D eigenvalue weighted by Gasteiger charge is 2.17. The summed E-state index contributed by atoms with van der Waals surface area (Å²) in [5, 5.41) is 0. The maximum atomic E-state index is 12.1. The molecule has 0 amide bonds. The second-order valence-corrected chi connectivity index (χ2v) is 5.84. The van der Waals surface area contributed by atoms with Gasteiger partial charge in [0.15, 0.2) is 0 Å². The van der Waals surface area contributed by atoms with Crippen molar-refractivity contribution < 1.29 is 22.1 Å². The highest BCUT2D eigenvalue weighted by Crippen LogP contribution is 2.16. The lowest BCUT2D eigenvalue weighted by atomic mass is 10.2. The van der Waals surface area contributed by atoms with Crippen molar-refractivity contribution >= 4 is 16.1 Å². The summed E-state index contributed by atoms with van der Waals surface area (Å²) in [6, 6.07) is 14.5. The topological polar surface area (TPSA) is 69.7 Å². The number of ether oxygens (including phenoxy) is 1. The first-order valence-electron chi connectivity index (χ1n) is 6.14. The molecule has 2 aromatic rings. The van der Waals surface area contributed by atoms with E-state index in [0.29, 0.717) is 0 Å². The van der Waals surface area contributed by atoms with Gasteiger partial charge in [0.1, 0.15) is 0 Å². The van der Waals surface area contributed by atoms with Gasteiger partial charge in [-0.1, -0.05) is 36.4 Å². The van der Waals surface area contributed by atoms with E-state index in [1.165, 1.54) is 31.4 Å². The molecule has 0 aromatic heterocycles. The summed E-state index contributed by atoms with van der Waals surface area (Å²) in [7, 11) is -2.70. The molecule has 5 nitrogen and oxygen atoms in total. The third-order valence-electron chi connectivity index (χ3n) is 2.77. The van der Waals surface area contributed by atoms with Crippen LogP contribution in [0.5, 0.6) is 0 Å². The minimum atomic E-state index is -3.93. The molecule has 2 rings (SSSR count). The number of carbonyl (C=O) groups is 1. The Morgan fingerprint density at radius 1 is 1.05 bits per heavy atom. The van der Waals surface area contributed by atoms with Crippen molar-refractivity contribution in [2.24, 2.45) is 0 Å². The van der Waals surface area contributed by atoms with Gasteiger partial charge < -0.3 is 4.74 Å². The summed E-state index contributed by atoms with van der Waals surface area (Å²) in [5.74, 6) is -0.602. The van der Waals surface area contributed by atoms with Crippen molar-refractivity contribution in [3.8, 4) is 0 Å². The molecule has 21 heavy (non-hydrogen) atoms. The van der Waals surface area contributed by atoms with E-state index in [4.69, 9.17) is 4.18 Å². The van der Waals surface area contributed by atoms with E-state index >= 15 is 0 Å². The number of hydrogen-bond acceptors (Lipinski definition) is 5. The van der Waals surface area contributed by atoms with Crippen LogP contribution in [0.25, 0.3) is 0 Å². The van der Waals surface area contributed by atoms with Crippen LogP contribution in [0, 0.1) is 0 Å². The summed E-state index contributed by atoms with van der Waals surface area (Å²) >= 11 is 0. The average molecular weight is 306 g/mol. The summed E-state index contributed by atoms with van der Waals surface area (Å²) < 4.78 is 33.7. The monoisotopic (exact) mass is 306 g/mol. The first-order valence-corrected chi connectivity index (χ1v) is 7.55. The van der Waals surface area contributed by atoms with Crippen LogP contribution in [-0.2, 0) is 25.6 Å². The average Bonchev–Trinajstić information content (AvgIpc) is 2.53. The Hall–Kier alpha value is -2.18. The van der Waals surface area contributed by atoms with Gasteiger partial charge in [-0.3, -0.25) is 4.18 Å². The van der Waals surface area contributed by atoms with E-state index in [2.05, 4.69) is 4.74 Å². The molecule has 0 atom stereocenters. The lowest BCUT2D eigenvalue weighted by Crippen LogP contribution is -2.08. The molecular formula is C15H14O5S. The highest BCUT2D eigenvalue weighted by atomic mass is 32.2. The zero-order chi connectivity index (χ0) is 15.3. The predicted molar refractivity (Wildman–Crippen MR) is 76.2 cm³/mol. The molecule has 0 spiro atoms. The molecule has 6 heteroatoms. The Morgan fingerprint density at radius 2 is 1.76 bits per heavy atom. The largest absolute Gasteiger partial charge is 0.465 e. The van der Waals surface area contributed by atoms with Gasteiger partial charge in [0, 0.05) is 0 Å². The number of hydrogen-bond donors (Lipinski definition) is 0. The summed E-state index contributed by atoms with van der Waals surface area (Å²) in [6.45, 7) is -0.0639. The number of methoxy groups -OCH3 is 1. The van der Waals surface area contributed by atoms with Gasteiger partial charge in [-0.15, -0.1) is 0 Å². The molecule has 0 bridgehead atoms. The van der Waals surface area contributed by atoms with Gasteiger partial charge in [0.05, 0.1) is 24.2 Å². The first kappa shape index (κ1) is 15.2. The molecule has 0 unspecified atom stereocenters. The minimum absolute atomic E-state index is 0.0639. The van der Waals surface area contributed by atoms with Crippen LogP contribution in [0.3, 0.4) is 0 Å². The van der Waals surface area contributed by atoms with E-state index in [0.717, 1.165) is 5.56 Å². The molecule has 0 radical (unpaired) electrons.